The van der Waals surface area contributed by atoms with Crippen LogP contribution in [0.5, 0.6) is 5.75 Å². The molecule has 0 aliphatic carbocycles. The van der Waals surface area contributed by atoms with E-state index < -0.39 is 0 Å². The number of fused-ring (bicyclic) bond motifs is 1. The van der Waals surface area contributed by atoms with Crippen molar-refractivity contribution in [1.29, 1.82) is 0 Å². The van der Waals surface area contributed by atoms with Gasteiger partial charge in [0.1, 0.15) is 5.75 Å². The second-order valence-electron chi connectivity index (χ2n) is 6.44. The van der Waals surface area contributed by atoms with Crippen molar-refractivity contribution in [2.45, 2.75) is 38.8 Å². The maximum atomic E-state index is 12.4. The van der Waals surface area contributed by atoms with Crippen LogP contribution in [0.2, 0.25) is 5.02 Å². The lowest BCUT2D eigenvalue weighted by Gasteiger charge is -2.26. The molecule has 0 saturated carbocycles. The van der Waals surface area contributed by atoms with Crippen LogP contribution in [-0.2, 0) is 17.8 Å². The lowest BCUT2D eigenvalue weighted by atomic mass is 9.93. The molecule has 2 N–H and O–H groups in total. The minimum atomic E-state index is -0.0272. The second-order valence-corrected chi connectivity index (χ2v) is 6.88. The minimum absolute atomic E-state index is 0.0272. The number of halogens is 1. The number of amides is 1. The summed E-state index contributed by atoms with van der Waals surface area (Å²) >= 11 is 6.09. The van der Waals surface area contributed by atoms with Crippen molar-refractivity contribution < 1.29 is 9.53 Å². The van der Waals surface area contributed by atoms with Crippen LogP contribution in [0.4, 0.5) is 5.69 Å². The van der Waals surface area contributed by atoms with Gasteiger partial charge in [0.05, 0.1) is 12.8 Å². The first-order chi connectivity index (χ1) is 12.1. The van der Waals surface area contributed by atoms with Crippen LogP contribution in [0, 0.1) is 6.92 Å². The van der Waals surface area contributed by atoms with E-state index >= 15 is 0 Å². The van der Waals surface area contributed by atoms with E-state index in [4.69, 9.17) is 16.3 Å². The Labute approximate surface area is 153 Å². The van der Waals surface area contributed by atoms with Crippen molar-refractivity contribution in [3.63, 3.8) is 0 Å². The molecule has 1 aliphatic rings. The third kappa shape index (κ3) is 4.33. The molecule has 0 saturated heterocycles. The van der Waals surface area contributed by atoms with Gasteiger partial charge in [0, 0.05) is 24.0 Å². The normalized spacial score (nSPS) is 16.2. The Morgan fingerprint density at radius 1 is 1.32 bits per heavy atom. The molecule has 5 heteroatoms. The molecule has 3 rings (SSSR count). The third-order valence-electron chi connectivity index (χ3n) is 4.60. The monoisotopic (exact) mass is 358 g/mol. The quantitative estimate of drug-likeness (QED) is 0.846. The van der Waals surface area contributed by atoms with Gasteiger partial charge in [0.25, 0.3) is 0 Å². The number of ether oxygens (including phenoxy) is 1. The zero-order valence-electron chi connectivity index (χ0n) is 14.6. The van der Waals surface area contributed by atoms with Gasteiger partial charge in [-0.05, 0) is 48.6 Å². The lowest BCUT2D eigenvalue weighted by Crippen LogP contribution is -2.36. The summed E-state index contributed by atoms with van der Waals surface area (Å²) in [5, 5.41) is 7.02. The van der Waals surface area contributed by atoms with E-state index in [1.807, 2.05) is 13.0 Å². The van der Waals surface area contributed by atoms with Gasteiger partial charge < -0.3 is 15.4 Å². The smallest absolute Gasteiger partial charge is 0.224 e. The van der Waals surface area contributed by atoms with E-state index in [0.29, 0.717) is 28.9 Å². The number of carbonyl (C=O) groups is 1. The first-order valence-electron chi connectivity index (χ1n) is 8.51. The van der Waals surface area contributed by atoms with E-state index in [-0.39, 0.29) is 5.91 Å². The Bertz CT molecular complexity index is 776. The molecule has 1 amide bonds. The van der Waals surface area contributed by atoms with E-state index in [1.165, 1.54) is 11.1 Å². The molecule has 1 atom stereocenters. The summed E-state index contributed by atoms with van der Waals surface area (Å²) < 4.78 is 5.38. The molecule has 0 spiro atoms. The molecule has 1 aliphatic heterocycles. The maximum Gasteiger partial charge on any atom is 0.224 e. The van der Waals surface area contributed by atoms with Gasteiger partial charge in [-0.3, -0.25) is 4.79 Å². The summed E-state index contributed by atoms with van der Waals surface area (Å²) in [6.45, 7) is 2.77. The van der Waals surface area contributed by atoms with Crippen molar-refractivity contribution in [2.24, 2.45) is 0 Å². The number of hydrogen-bond acceptors (Lipinski definition) is 3. The second kappa shape index (κ2) is 7.89. The number of aryl methyl sites for hydroxylation is 1. The van der Waals surface area contributed by atoms with E-state index in [2.05, 4.69) is 34.9 Å². The summed E-state index contributed by atoms with van der Waals surface area (Å²) in [4.78, 5) is 12.4. The van der Waals surface area contributed by atoms with Gasteiger partial charge in [0.15, 0.2) is 0 Å². The molecule has 0 bridgehead atoms. The first kappa shape index (κ1) is 17.8. The fraction of sp³-hybridized carbons (Fsp3) is 0.350. The van der Waals surface area contributed by atoms with Crippen LogP contribution in [-0.4, -0.2) is 19.1 Å². The lowest BCUT2D eigenvalue weighted by molar-refractivity contribution is -0.116. The maximum absolute atomic E-state index is 12.4. The highest BCUT2D eigenvalue weighted by Gasteiger charge is 2.19. The van der Waals surface area contributed by atoms with Crippen LogP contribution in [0.15, 0.2) is 36.4 Å². The molecule has 1 unspecified atom stereocenters. The Kier molecular flexibility index (Phi) is 5.61. The topological polar surface area (TPSA) is 50.4 Å². The molecule has 2 aromatic carbocycles. The van der Waals surface area contributed by atoms with Gasteiger partial charge in [-0.1, -0.05) is 35.9 Å². The molecular weight excluding hydrogens is 336 g/mol. The highest BCUT2D eigenvalue weighted by Crippen LogP contribution is 2.32. The molecule has 0 radical (unpaired) electrons. The Balaban J connectivity index is 1.58. The van der Waals surface area contributed by atoms with Gasteiger partial charge >= 0.3 is 0 Å². The van der Waals surface area contributed by atoms with Crippen molar-refractivity contribution in [3.8, 4) is 5.75 Å². The largest absolute Gasteiger partial charge is 0.494 e. The van der Waals surface area contributed by atoms with Gasteiger partial charge in [-0.15, -0.1) is 0 Å². The number of anilines is 1. The number of hydrogen-bond donors (Lipinski definition) is 2. The SMILES string of the molecule is COc1c(C)cc(Cl)cc1NC(=O)CCC1Cc2ccccc2CN1. The third-order valence-corrected chi connectivity index (χ3v) is 4.82. The van der Waals surface area contributed by atoms with Gasteiger partial charge in [-0.25, -0.2) is 0 Å². The van der Waals surface area contributed by atoms with Crippen LogP contribution < -0.4 is 15.4 Å². The predicted octanol–water partition coefficient (Wildman–Crippen LogP) is 4.09. The molecule has 2 aromatic rings. The van der Waals surface area contributed by atoms with Crippen molar-refractivity contribution in [3.05, 3.63) is 58.1 Å². The number of methoxy groups -OCH3 is 1. The summed E-state index contributed by atoms with van der Waals surface area (Å²) in [5.74, 6) is 0.628. The van der Waals surface area contributed by atoms with E-state index in [9.17, 15) is 4.79 Å². The summed E-state index contributed by atoms with van der Waals surface area (Å²) in [5.41, 5.74) is 4.25. The molecule has 132 valence electrons. The van der Waals surface area contributed by atoms with Crippen LogP contribution in [0.3, 0.4) is 0 Å². The highest BCUT2D eigenvalue weighted by molar-refractivity contribution is 6.31. The zero-order chi connectivity index (χ0) is 17.8. The summed E-state index contributed by atoms with van der Waals surface area (Å²) in [6, 6.07) is 12.3. The number of benzene rings is 2. The fourth-order valence-corrected chi connectivity index (χ4v) is 3.61. The number of nitrogens with one attached hydrogen (secondary N) is 2. The Hall–Kier alpha value is -2.04. The standard InChI is InChI=1S/C20H23ClN2O2/c1-13-9-16(21)11-18(20(13)25-2)23-19(24)8-7-17-10-14-5-3-4-6-15(14)12-22-17/h3-6,9,11,17,22H,7-8,10,12H2,1-2H3,(H,23,24). The summed E-state index contributed by atoms with van der Waals surface area (Å²) in [7, 11) is 1.59. The molecule has 4 nitrogen and oxygen atoms in total. The number of rotatable bonds is 5. The van der Waals surface area contributed by atoms with Crippen molar-refractivity contribution in [2.75, 3.05) is 12.4 Å². The van der Waals surface area contributed by atoms with Crippen molar-refractivity contribution in [1.82, 2.24) is 5.32 Å². The zero-order valence-corrected chi connectivity index (χ0v) is 15.3. The predicted molar refractivity (Wildman–Crippen MR) is 101 cm³/mol. The average Bonchev–Trinajstić information content (AvgIpc) is 2.59. The minimum Gasteiger partial charge on any atom is -0.494 e. The van der Waals surface area contributed by atoms with Crippen LogP contribution in [0.25, 0.3) is 0 Å². The van der Waals surface area contributed by atoms with Gasteiger partial charge in [0.2, 0.25) is 5.91 Å². The van der Waals surface area contributed by atoms with E-state index in [0.717, 1.165) is 24.9 Å². The summed E-state index contributed by atoms with van der Waals surface area (Å²) in [6.07, 6.45) is 2.21. The molecule has 1 heterocycles. The molecule has 0 fully saturated rings. The average molecular weight is 359 g/mol. The highest BCUT2D eigenvalue weighted by atomic mass is 35.5. The van der Waals surface area contributed by atoms with Crippen molar-refractivity contribution >= 4 is 23.2 Å². The Morgan fingerprint density at radius 2 is 2.08 bits per heavy atom. The van der Waals surface area contributed by atoms with Crippen LogP contribution in [0.1, 0.15) is 29.5 Å². The Morgan fingerprint density at radius 3 is 2.84 bits per heavy atom. The van der Waals surface area contributed by atoms with Crippen LogP contribution >= 0.6 is 11.6 Å². The first-order valence-corrected chi connectivity index (χ1v) is 8.88. The number of carbonyl (C=O) groups excluding carboxylic acids is 1. The van der Waals surface area contributed by atoms with Gasteiger partial charge in [-0.2, -0.15) is 0 Å². The fourth-order valence-electron chi connectivity index (χ4n) is 3.34. The molecule has 25 heavy (non-hydrogen) atoms. The van der Waals surface area contributed by atoms with E-state index in [1.54, 1.807) is 13.2 Å². The molecule has 0 aromatic heterocycles. The molecular formula is C20H23ClN2O2.